The van der Waals surface area contributed by atoms with Crippen LogP contribution >= 0.6 is 7.37 Å². The number of rotatable bonds is 17. The van der Waals surface area contributed by atoms with Gasteiger partial charge in [-0.15, -0.1) is 0 Å². The van der Waals surface area contributed by atoms with E-state index in [1.807, 2.05) is 41.5 Å². The Hall–Kier alpha value is -2.46. The number of likely N-dealkylation sites (N-methyl/N-ethyl adjacent to an activating group) is 1. The van der Waals surface area contributed by atoms with Crippen molar-refractivity contribution in [2.75, 3.05) is 33.1 Å². The minimum absolute atomic E-state index is 0.0704. The molecule has 1 aliphatic heterocycles. The Morgan fingerprint density at radius 3 is 1.88 bits per heavy atom. The van der Waals surface area contributed by atoms with Gasteiger partial charge in [-0.25, -0.2) is 0 Å². The van der Waals surface area contributed by atoms with E-state index in [0.717, 1.165) is 0 Å². The lowest BCUT2D eigenvalue weighted by Crippen LogP contribution is -2.53. The Morgan fingerprint density at radius 1 is 0.857 bits per heavy atom. The Bertz CT molecular complexity index is 987. The smallest absolute Gasteiger partial charge is 0.243 e. The number of amides is 5. The first kappa shape index (κ1) is 37.6. The molecule has 4 N–H and O–H groups in total. The summed E-state index contributed by atoms with van der Waals surface area (Å²) in [7, 11) is -0.736. The van der Waals surface area contributed by atoms with Crippen molar-refractivity contribution < 1.29 is 33.1 Å². The molecule has 0 aromatic carbocycles. The van der Waals surface area contributed by atoms with Crippen LogP contribution in [0.15, 0.2) is 0 Å². The average molecular weight is 616 g/mol. The summed E-state index contributed by atoms with van der Waals surface area (Å²) in [5, 5.41) is 10.9. The zero-order valence-electron chi connectivity index (χ0n) is 27.0. The second-order valence-corrected chi connectivity index (χ2v) is 15.2. The SMILES string of the molecule is CNC(=O)[C@H](CC(C)C)NC(=O)C(CC(C)C)CP(=O)(CNC(=O)[C@H](CC(C)C)NC(=O)[C@@H]1CCCN1C(C)=O)OC. The summed E-state index contributed by atoms with van der Waals surface area (Å²) >= 11 is 0. The highest BCUT2D eigenvalue weighted by Gasteiger charge is 2.37. The molecule has 5 atom stereocenters. The van der Waals surface area contributed by atoms with Gasteiger partial charge in [0.15, 0.2) is 0 Å². The summed E-state index contributed by atoms with van der Waals surface area (Å²) in [5.74, 6) is -2.16. The fourth-order valence-corrected chi connectivity index (χ4v) is 7.04. The van der Waals surface area contributed by atoms with Gasteiger partial charge < -0.3 is 30.7 Å². The molecule has 1 heterocycles. The summed E-state index contributed by atoms with van der Waals surface area (Å²) < 4.78 is 19.2. The van der Waals surface area contributed by atoms with Crippen molar-refractivity contribution in [3.8, 4) is 0 Å². The normalized spacial score (nSPS) is 18.8. The van der Waals surface area contributed by atoms with E-state index < -0.39 is 43.2 Å². The highest BCUT2D eigenvalue weighted by Crippen LogP contribution is 2.47. The summed E-state index contributed by atoms with van der Waals surface area (Å²) in [6.45, 7) is 13.6. The van der Waals surface area contributed by atoms with Crippen molar-refractivity contribution in [2.24, 2.45) is 23.7 Å². The lowest BCUT2D eigenvalue weighted by atomic mass is 9.96. The first-order valence-corrected chi connectivity index (χ1v) is 17.0. The molecule has 42 heavy (non-hydrogen) atoms. The molecule has 0 saturated carbocycles. The topological polar surface area (TPSA) is 163 Å². The Morgan fingerprint density at radius 2 is 1.40 bits per heavy atom. The zero-order valence-corrected chi connectivity index (χ0v) is 27.8. The third-order valence-electron chi connectivity index (χ3n) is 7.34. The quantitative estimate of drug-likeness (QED) is 0.183. The molecule has 1 rings (SSSR count). The molecule has 0 aromatic rings. The fraction of sp³-hybridized carbons (Fsp3) is 0.828. The molecule has 0 aliphatic carbocycles. The van der Waals surface area contributed by atoms with Crippen molar-refractivity contribution in [2.45, 2.75) is 98.7 Å². The predicted octanol–water partition coefficient (Wildman–Crippen LogP) is 2.47. The number of hydrogen-bond acceptors (Lipinski definition) is 7. The van der Waals surface area contributed by atoms with Crippen LogP contribution < -0.4 is 21.3 Å². The number of nitrogens with one attached hydrogen (secondary N) is 4. The van der Waals surface area contributed by atoms with Crippen LogP contribution in [0, 0.1) is 23.7 Å². The van der Waals surface area contributed by atoms with E-state index in [0.29, 0.717) is 38.6 Å². The fourth-order valence-electron chi connectivity index (χ4n) is 5.25. The Balaban J connectivity index is 3.02. The summed E-state index contributed by atoms with van der Waals surface area (Å²) in [5.41, 5.74) is 0. The van der Waals surface area contributed by atoms with E-state index in [2.05, 4.69) is 21.3 Å². The lowest BCUT2D eigenvalue weighted by Gasteiger charge is -2.28. The summed E-state index contributed by atoms with van der Waals surface area (Å²) in [6, 6.07) is -2.24. The van der Waals surface area contributed by atoms with Crippen LogP contribution in [0.4, 0.5) is 0 Å². The molecular formula is C29H54N5O7P. The summed E-state index contributed by atoms with van der Waals surface area (Å²) in [4.78, 5) is 65.5. The van der Waals surface area contributed by atoms with Gasteiger partial charge in [0.25, 0.3) is 0 Å². The molecule has 1 fully saturated rings. The van der Waals surface area contributed by atoms with E-state index in [1.54, 1.807) is 0 Å². The molecular weight excluding hydrogens is 561 g/mol. The van der Waals surface area contributed by atoms with Crippen molar-refractivity contribution in [3.05, 3.63) is 0 Å². The Labute approximate surface area is 251 Å². The maximum absolute atomic E-state index is 13.8. The molecule has 0 bridgehead atoms. The largest absolute Gasteiger partial charge is 0.357 e. The first-order valence-electron chi connectivity index (χ1n) is 15.0. The van der Waals surface area contributed by atoms with Gasteiger partial charge >= 0.3 is 0 Å². The third-order valence-corrected chi connectivity index (χ3v) is 9.64. The summed E-state index contributed by atoms with van der Waals surface area (Å²) in [6.07, 6.45) is 2.01. The minimum Gasteiger partial charge on any atom is -0.357 e. The van der Waals surface area contributed by atoms with Crippen LogP contribution in [-0.4, -0.2) is 85.7 Å². The Kier molecular flexibility index (Phi) is 15.7. The van der Waals surface area contributed by atoms with Gasteiger partial charge in [0.05, 0.1) is 6.29 Å². The van der Waals surface area contributed by atoms with Crippen LogP contribution in [0.3, 0.4) is 0 Å². The van der Waals surface area contributed by atoms with Gasteiger partial charge in [-0.2, -0.15) is 0 Å². The second-order valence-electron chi connectivity index (χ2n) is 12.6. The zero-order chi connectivity index (χ0) is 32.2. The highest BCUT2D eigenvalue weighted by atomic mass is 31.2. The maximum atomic E-state index is 13.8. The average Bonchev–Trinajstić information content (AvgIpc) is 3.40. The lowest BCUT2D eigenvalue weighted by molar-refractivity contribution is -0.138. The highest BCUT2D eigenvalue weighted by molar-refractivity contribution is 7.59. The standard InChI is InChI=1S/C29H54N5O7P/c1-18(2)13-22(26(36)32-23(14-19(3)4)27(37)30-8)16-42(40,41-9)17-31-28(38)24(15-20(5)6)33-29(39)25-11-10-12-34(25)21(7)35/h18-20,22-25H,10-17H2,1-9H3,(H,30,37)(H,31,38)(H,32,36)(H,33,39)/t22?,23-,24-,25-,42?/m0/s1. The number of nitrogens with zero attached hydrogens (tertiary/aromatic N) is 1. The molecule has 1 saturated heterocycles. The molecule has 13 heteroatoms. The monoisotopic (exact) mass is 615 g/mol. The van der Waals surface area contributed by atoms with Gasteiger partial charge in [-0.05, 0) is 49.9 Å². The van der Waals surface area contributed by atoms with Crippen molar-refractivity contribution >= 4 is 36.9 Å². The van der Waals surface area contributed by atoms with Crippen LogP contribution in [0.25, 0.3) is 0 Å². The second kappa shape index (κ2) is 17.6. The van der Waals surface area contributed by atoms with E-state index in [9.17, 15) is 28.5 Å². The van der Waals surface area contributed by atoms with Crippen molar-refractivity contribution in [1.29, 1.82) is 0 Å². The van der Waals surface area contributed by atoms with Crippen molar-refractivity contribution in [1.82, 2.24) is 26.2 Å². The van der Waals surface area contributed by atoms with Gasteiger partial charge in [0.2, 0.25) is 36.9 Å². The molecule has 242 valence electrons. The number of carbonyl (C=O) groups excluding carboxylic acids is 5. The van der Waals surface area contributed by atoms with Crippen LogP contribution in [-0.2, 0) is 33.1 Å². The van der Waals surface area contributed by atoms with Crippen molar-refractivity contribution in [3.63, 3.8) is 0 Å². The predicted molar refractivity (Wildman–Crippen MR) is 163 cm³/mol. The van der Waals surface area contributed by atoms with E-state index in [1.165, 1.54) is 26.0 Å². The molecule has 1 aliphatic rings. The van der Waals surface area contributed by atoms with Crippen LogP contribution in [0.1, 0.15) is 80.6 Å². The number of carbonyl (C=O) groups is 5. The van der Waals surface area contributed by atoms with Gasteiger partial charge in [0, 0.05) is 39.7 Å². The third kappa shape index (κ3) is 12.4. The molecule has 12 nitrogen and oxygen atoms in total. The molecule has 5 amide bonds. The number of likely N-dealkylation sites (tertiary alicyclic amines) is 1. The molecule has 0 spiro atoms. The number of hydrogen-bond donors (Lipinski definition) is 4. The first-order chi connectivity index (χ1) is 19.5. The van der Waals surface area contributed by atoms with E-state index >= 15 is 0 Å². The molecule has 0 aromatic heterocycles. The van der Waals surface area contributed by atoms with Crippen LogP contribution in [0.2, 0.25) is 0 Å². The van der Waals surface area contributed by atoms with E-state index in [-0.39, 0.29) is 47.9 Å². The van der Waals surface area contributed by atoms with Gasteiger partial charge in [-0.1, -0.05) is 41.5 Å². The van der Waals surface area contributed by atoms with Gasteiger partial charge in [-0.3, -0.25) is 28.5 Å². The van der Waals surface area contributed by atoms with Gasteiger partial charge in [0.1, 0.15) is 18.1 Å². The maximum Gasteiger partial charge on any atom is 0.243 e. The molecule has 0 radical (unpaired) electrons. The van der Waals surface area contributed by atoms with Crippen LogP contribution in [0.5, 0.6) is 0 Å². The minimum atomic E-state index is -3.53. The molecule has 2 unspecified atom stereocenters. The van der Waals surface area contributed by atoms with E-state index in [4.69, 9.17) is 4.52 Å².